The highest BCUT2D eigenvalue weighted by Crippen LogP contribution is 2.22. The fourth-order valence-electron chi connectivity index (χ4n) is 1.78. The van der Waals surface area contributed by atoms with E-state index in [2.05, 4.69) is 15.5 Å². The van der Waals surface area contributed by atoms with Gasteiger partial charge in [-0.2, -0.15) is 5.10 Å². The van der Waals surface area contributed by atoms with Crippen LogP contribution in [0.2, 0.25) is 0 Å². The van der Waals surface area contributed by atoms with Crippen LogP contribution in [0.25, 0.3) is 0 Å². The van der Waals surface area contributed by atoms with E-state index in [0.29, 0.717) is 6.54 Å². The number of nitrogens with one attached hydrogen (secondary N) is 2. The Morgan fingerprint density at radius 1 is 1.47 bits per heavy atom. The summed E-state index contributed by atoms with van der Waals surface area (Å²) < 4.78 is 13.6. The van der Waals surface area contributed by atoms with Crippen molar-refractivity contribution in [2.75, 3.05) is 5.32 Å². The second-order valence-corrected chi connectivity index (χ2v) is 4.19. The van der Waals surface area contributed by atoms with Gasteiger partial charge in [-0.15, -0.1) is 0 Å². The van der Waals surface area contributed by atoms with Crippen LogP contribution in [0.5, 0.6) is 0 Å². The Kier molecular flexibility index (Phi) is 3.46. The highest BCUT2D eigenvalue weighted by molar-refractivity contribution is 5.52. The maximum Gasteiger partial charge on any atom is 0.271 e. The summed E-state index contributed by atoms with van der Waals surface area (Å²) in [6.45, 7) is 4.05. The number of anilines is 1. The lowest BCUT2D eigenvalue weighted by Gasteiger charge is -2.07. The minimum Gasteiger partial charge on any atom is -0.378 e. The third kappa shape index (κ3) is 2.70. The monoisotopic (exact) mass is 264 g/mol. The third-order valence-corrected chi connectivity index (χ3v) is 2.90. The lowest BCUT2D eigenvalue weighted by molar-refractivity contribution is -0.384. The number of nitro benzene ring substituents is 1. The number of non-ortho nitro benzene ring substituents is 1. The molecule has 19 heavy (non-hydrogen) atoms. The summed E-state index contributed by atoms with van der Waals surface area (Å²) in [5.41, 5.74) is 2.58. The van der Waals surface area contributed by atoms with Crippen LogP contribution >= 0.6 is 0 Å². The molecule has 0 bridgehead atoms. The van der Waals surface area contributed by atoms with Gasteiger partial charge in [0, 0.05) is 29.9 Å². The van der Waals surface area contributed by atoms with E-state index in [1.54, 1.807) is 0 Å². The van der Waals surface area contributed by atoms with E-state index in [4.69, 9.17) is 0 Å². The maximum atomic E-state index is 13.6. The molecule has 6 nitrogen and oxygen atoms in total. The minimum atomic E-state index is -0.557. The molecule has 0 aliphatic heterocycles. The van der Waals surface area contributed by atoms with Crippen LogP contribution in [-0.2, 0) is 6.54 Å². The summed E-state index contributed by atoms with van der Waals surface area (Å²) in [7, 11) is 0. The average molecular weight is 264 g/mol. The van der Waals surface area contributed by atoms with Crippen LogP contribution in [0.4, 0.5) is 15.8 Å². The van der Waals surface area contributed by atoms with Crippen molar-refractivity contribution < 1.29 is 9.31 Å². The number of aromatic nitrogens is 2. The fourth-order valence-corrected chi connectivity index (χ4v) is 1.78. The Balaban J connectivity index is 2.20. The number of nitro groups is 1. The van der Waals surface area contributed by atoms with E-state index in [-0.39, 0.29) is 11.4 Å². The molecule has 2 N–H and O–H groups in total. The van der Waals surface area contributed by atoms with Crippen molar-refractivity contribution in [3.8, 4) is 0 Å². The number of halogens is 1. The van der Waals surface area contributed by atoms with Gasteiger partial charge in [-0.25, -0.2) is 4.39 Å². The lowest BCUT2D eigenvalue weighted by Crippen LogP contribution is -2.04. The Morgan fingerprint density at radius 3 is 2.79 bits per heavy atom. The molecule has 2 rings (SSSR count). The molecule has 1 heterocycles. The molecule has 0 aliphatic carbocycles. The lowest BCUT2D eigenvalue weighted by atomic mass is 10.2. The van der Waals surface area contributed by atoms with Crippen molar-refractivity contribution in [2.45, 2.75) is 20.4 Å². The Hall–Kier alpha value is -2.44. The molecule has 100 valence electrons. The number of H-pyrrole nitrogens is 1. The van der Waals surface area contributed by atoms with Crippen molar-refractivity contribution in [1.29, 1.82) is 0 Å². The SMILES string of the molecule is Cc1n[nH]c(C)c1CNc1cc([N+](=O)[O-])ccc1F. The van der Waals surface area contributed by atoms with E-state index < -0.39 is 10.7 Å². The first-order valence-electron chi connectivity index (χ1n) is 5.67. The number of nitrogens with zero attached hydrogens (tertiary/aromatic N) is 2. The largest absolute Gasteiger partial charge is 0.378 e. The quantitative estimate of drug-likeness (QED) is 0.656. The molecule has 0 unspecified atom stereocenters. The molecule has 1 aromatic carbocycles. The van der Waals surface area contributed by atoms with Crippen molar-refractivity contribution >= 4 is 11.4 Å². The summed E-state index contributed by atoms with van der Waals surface area (Å²) in [5.74, 6) is -0.524. The molecule has 0 saturated heterocycles. The van der Waals surface area contributed by atoms with E-state index in [1.165, 1.54) is 6.07 Å². The van der Waals surface area contributed by atoms with Crippen LogP contribution in [0.15, 0.2) is 18.2 Å². The molecule has 0 fully saturated rings. The van der Waals surface area contributed by atoms with Gasteiger partial charge in [-0.05, 0) is 19.9 Å². The molecule has 0 aliphatic rings. The van der Waals surface area contributed by atoms with Gasteiger partial charge >= 0.3 is 0 Å². The van der Waals surface area contributed by atoms with Gasteiger partial charge in [-0.3, -0.25) is 15.2 Å². The number of aryl methyl sites for hydroxylation is 2. The molecular weight excluding hydrogens is 251 g/mol. The fraction of sp³-hybridized carbons (Fsp3) is 0.250. The molecule has 0 spiro atoms. The number of hydrogen-bond donors (Lipinski definition) is 2. The van der Waals surface area contributed by atoms with Crippen LogP contribution in [0.1, 0.15) is 17.0 Å². The van der Waals surface area contributed by atoms with Gasteiger partial charge in [0.1, 0.15) is 5.82 Å². The van der Waals surface area contributed by atoms with Crippen molar-refractivity contribution in [3.05, 3.63) is 51.1 Å². The van der Waals surface area contributed by atoms with Crippen LogP contribution in [-0.4, -0.2) is 15.1 Å². The first-order valence-corrected chi connectivity index (χ1v) is 5.67. The second kappa shape index (κ2) is 5.05. The summed E-state index contributed by atoms with van der Waals surface area (Å²) in [4.78, 5) is 10.1. The molecular formula is C12H13FN4O2. The number of benzene rings is 1. The molecule has 0 atom stereocenters. The topological polar surface area (TPSA) is 83.8 Å². The summed E-state index contributed by atoms with van der Waals surface area (Å²) in [5, 5.41) is 20.4. The maximum absolute atomic E-state index is 13.6. The molecule has 0 radical (unpaired) electrons. The second-order valence-electron chi connectivity index (χ2n) is 4.19. The number of hydrogen-bond acceptors (Lipinski definition) is 4. The van der Waals surface area contributed by atoms with E-state index in [1.807, 2.05) is 13.8 Å². The first-order chi connectivity index (χ1) is 8.99. The standard InChI is InChI=1S/C12H13FN4O2/c1-7-10(8(2)16-15-7)6-14-12-5-9(17(18)19)3-4-11(12)13/h3-5,14H,6H2,1-2H3,(H,15,16). The van der Waals surface area contributed by atoms with Crippen molar-refractivity contribution in [1.82, 2.24) is 10.2 Å². The third-order valence-electron chi connectivity index (χ3n) is 2.90. The van der Waals surface area contributed by atoms with Gasteiger partial charge in [0.2, 0.25) is 0 Å². The predicted octanol–water partition coefficient (Wildman–Crippen LogP) is 2.69. The number of aromatic amines is 1. The molecule has 1 aromatic heterocycles. The molecule has 2 aromatic rings. The first kappa shape index (κ1) is 13.0. The van der Waals surface area contributed by atoms with Gasteiger partial charge < -0.3 is 5.32 Å². The van der Waals surface area contributed by atoms with E-state index in [0.717, 1.165) is 29.1 Å². The normalized spacial score (nSPS) is 10.5. The Labute approximate surface area is 108 Å². The Morgan fingerprint density at radius 2 is 2.21 bits per heavy atom. The van der Waals surface area contributed by atoms with Crippen LogP contribution < -0.4 is 5.32 Å². The van der Waals surface area contributed by atoms with Gasteiger partial charge in [0.25, 0.3) is 5.69 Å². The predicted molar refractivity (Wildman–Crippen MR) is 68.4 cm³/mol. The van der Waals surface area contributed by atoms with E-state index in [9.17, 15) is 14.5 Å². The van der Waals surface area contributed by atoms with Gasteiger partial charge in [-0.1, -0.05) is 0 Å². The molecule has 0 amide bonds. The van der Waals surface area contributed by atoms with Crippen LogP contribution in [0.3, 0.4) is 0 Å². The minimum absolute atomic E-state index is 0.106. The zero-order chi connectivity index (χ0) is 14.0. The zero-order valence-electron chi connectivity index (χ0n) is 10.5. The number of rotatable bonds is 4. The van der Waals surface area contributed by atoms with Gasteiger partial charge in [0.15, 0.2) is 0 Å². The van der Waals surface area contributed by atoms with E-state index >= 15 is 0 Å². The highest BCUT2D eigenvalue weighted by atomic mass is 19.1. The highest BCUT2D eigenvalue weighted by Gasteiger charge is 2.12. The summed E-state index contributed by atoms with van der Waals surface area (Å²) >= 11 is 0. The Bertz CT molecular complexity index is 605. The molecule has 0 saturated carbocycles. The molecule has 7 heteroatoms. The zero-order valence-corrected chi connectivity index (χ0v) is 10.5. The summed E-state index contributed by atoms with van der Waals surface area (Å²) in [6.07, 6.45) is 0. The summed E-state index contributed by atoms with van der Waals surface area (Å²) in [6, 6.07) is 3.39. The smallest absolute Gasteiger partial charge is 0.271 e. The average Bonchev–Trinajstić information content (AvgIpc) is 2.68. The van der Waals surface area contributed by atoms with Gasteiger partial charge in [0.05, 0.1) is 16.3 Å². The van der Waals surface area contributed by atoms with Crippen LogP contribution in [0, 0.1) is 29.8 Å². The van der Waals surface area contributed by atoms with Crippen molar-refractivity contribution in [2.24, 2.45) is 0 Å². The van der Waals surface area contributed by atoms with Crippen molar-refractivity contribution in [3.63, 3.8) is 0 Å².